The van der Waals surface area contributed by atoms with Gasteiger partial charge in [0.1, 0.15) is 0 Å². The van der Waals surface area contributed by atoms with Gasteiger partial charge in [0.15, 0.2) is 0 Å². The van der Waals surface area contributed by atoms with Crippen LogP contribution in [0.25, 0.3) is 0 Å². The summed E-state index contributed by atoms with van der Waals surface area (Å²) in [5, 5.41) is 3.37. The van der Waals surface area contributed by atoms with Gasteiger partial charge in [0.2, 0.25) is 5.91 Å². The third-order valence-corrected chi connectivity index (χ3v) is 3.59. The summed E-state index contributed by atoms with van der Waals surface area (Å²) in [5.41, 5.74) is 1.29. The highest BCUT2D eigenvalue weighted by Gasteiger charge is 2.19. The van der Waals surface area contributed by atoms with E-state index in [0.29, 0.717) is 12.5 Å². The van der Waals surface area contributed by atoms with Crippen molar-refractivity contribution in [3.8, 4) is 0 Å². The monoisotopic (exact) mass is 282 g/mol. The van der Waals surface area contributed by atoms with E-state index in [-0.39, 0.29) is 18.3 Å². The van der Waals surface area contributed by atoms with E-state index >= 15 is 0 Å². The van der Waals surface area contributed by atoms with Gasteiger partial charge in [-0.25, -0.2) is 0 Å². The van der Waals surface area contributed by atoms with Crippen LogP contribution in [0.5, 0.6) is 0 Å². The molecule has 0 aromatic heterocycles. The van der Waals surface area contributed by atoms with Gasteiger partial charge in [-0.15, -0.1) is 12.4 Å². The van der Waals surface area contributed by atoms with Crippen molar-refractivity contribution in [1.29, 1.82) is 0 Å². The second-order valence-electron chi connectivity index (χ2n) is 5.05. The third-order valence-electron chi connectivity index (χ3n) is 3.59. The SMILES string of the molecule is CN(CCc1ccccc1)C(=O)CC1CCCN1.Cl. The lowest BCUT2D eigenvalue weighted by Gasteiger charge is -2.19. The van der Waals surface area contributed by atoms with E-state index in [2.05, 4.69) is 17.4 Å². The standard InChI is InChI=1S/C15H22N2O.ClH/c1-17(11-9-13-6-3-2-4-7-13)15(18)12-14-8-5-10-16-14;/h2-4,6-7,14,16H,5,8-12H2,1H3;1H. The Hall–Kier alpha value is -1.06. The van der Waals surface area contributed by atoms with Crippen LogP contribution >= 0.6 is 12.4 Å². The maximum atomic E-state index is 12.0. The van der Waals surface area contributed by atoms with Crippen molar-refractivity contribution in [2.45, 2.75) is 31.7 Å². The number of nitrogens with zero attached hydrogens (tertiary/aromatic N) is 1. The third kappa shape index (κ3) is 5.21. The Bertz CT molecular complexity index is 377. The molecule has 106 valence electrons. The number of carbonyl (C=O) groups is 1. The number of amides is 1. The van der Waals surface area contributed by atoms with Gasteiger partial charge < -0.3 is 10.2 Å². The Morgan fingerprint density at radius 1 is 1.37 bits per heavy atom. The average Bonchev–Trinajstić information content (AvgIpc) is 2.90. The Labute approximate surface area is 121 Å². The summed E-state index contributed by atoms with van der Waals surface area (Å²) in [7, 11) is 1.90. The molecule has 0 saturated carbocycles. The highest BCUT2D eigenvalue weighted by Crippen LogP contribution is 2.10. The topological polar surface area (TPSA) is 32.3 Å². The van der Waals surface area contributed by atoms with E-state index in [1.807, 2.05) is 30.1 Å². The molecule has 1 aromatic carbocycles. The maximum absolute atomic E-state index is 12.0. The Balaban J connectivity index is 0.00000180. The molecule has 4 heteroatoms. The maximum Gasteiger partial charge on any atom is 0.223 e. The largest absolute Gasteiger partial charge is 0.345 e. The Kier molecular flexibility index (Phi) is 6.89. The number of hydrogen-bond acceptors (Lipinski definition) is 2. The molecule has 1 unspecified atom stereocenters. The Morgan fingerprint density at radius 2 is 2.11 bits per heavy atom. The Morgan fingerprint density at radius 3 is 2.74 bits per heavy atom. The fourth-order valence-electron chi connectivity index (χ4n) is 2.36. The van der Waals surface area contributed by atoms with Crippen LogP contribution in [0.4, 0.5) is 0 Å². The summed E-state index contributed by atoms with van der Waals surface area (Å²) >= 11 is 0. The first kappa shape index (κ1) is 16.0. The van der Waals surface area contributed by atoms with Crippen molar-refractivity contribution >= 4 is 18.3 Å². The zero-order valence-corrected chi connectivity index (χ0v) is 12.3. The average molecular weight is 283 g/mol. The fraction of sp³-hybridized carbons (Fsp3) is 0.533. The van der Waals surface area contributed by atoms with Gasteiger partial charge in [0.25, 0.3) is 0 Å². The van der Waals surface area contributed by atoms with Gasteiger partial charge >= 0.3 is 0 Å². The van der Waals surface area contributed by atoms with Gasteiger partial charge in [-0.05, 0) is 31.4 Å². The van der Waals surface area contributed by atoms with Crippen molar-refractivity contribution in [3.63, 3.8) is 0 Å². The van der Waals surface area contributed by atoms with Crippen LogP contribution in [-0.4, -0.2) is 37.0 Å². The van der Waals surface area contributed by atoms with Crippen molar-refractivity contribution in [2.24, 2.45) is 0 Å². The van der Waals surface area contributed by atoms with Crippen LogP contribution in [0.1, 0.15) is 24.8 Å². The van der Waals surface area contributed by atoms with Gasteiger partial charge in [0.05, 0.1) is 0 Å². The van der Waals surface area contributed by atoms with Crippen LogP contribution < -0.4 is 5.32 Å². The normalized spacial score (nSPS) is 17.8. The van der Waals surface area contributed by atoms with E-state index in [4.69, 9.17) is 0 Å². The number of carbonyl (C=O) groups excluding carboxylic acids is 1. The molecule has 1 aliphatic heterocycles. The first-order valence-electron chi connectivity index (χ1n) is 6.77. The molecule has 1 N–H and O–H groups in total. The van der Waals surface area contributed by atoms with E-state index in [1.54, 1.807) is 0 Å². The summed E-state index contributed by atoms with van der Waals surface area (Å²) in [4.78, 5) is 13.9. The predicted molar refractivity (Wildman–Crippen MR) is 80.7 cm³/mol. The minimum absolute atomic E-state index is 0. The van der Waals surface area contributed by atoms with Crippen LogP contribution in [-0.2, 0) is 11.2 Å². The molecule has 0 radical (unpaired) electrons. The lowest BCUT2D eigenvalue weighted by atomic mass is 10.1. The van der Waals surface area contributed by atoms with Crippen LogP contribution in [0.3, 0.4) is 0 Å². The molecule has 19 heavy (non-hydrogen) atoms. The van der Waals surface area contributed by atoms with E-state index in [0.717, 1.165) is 25.9 Å². The van der Waals surface area contributed by atoms with Crippen LogP contribution in [0, 0.1) is 0 Å². The second-order valence-corrected chi connectivity index (χ2v) is 5.05. The van der Waals surface area contributed by atoms with Crippen molar-refractivity contribution < 1.29 is 4.79 Å². The molecule has 1 amide bonds. The molecule has 3 nitrogen and oxygen atoms in total. The van der Waals surface area contributed by atoms with Crippen LogP contribution in [0.2, 0.25) is 0 Å². The lowest BCUT2D eigenvalue weighted by Crippen LogP contribution is -2.34. The molecule has 0 bridgehead atoms. The van der Waals surface area contributed by atoms with Crippen LogP contribution in [0.15, 0.2) is 30.3 Å². The molecule has 0 aliphatic carbocycles. The summed E-state index contributed by atoms with van der Waals surface area (Å²) < 4.78 is 0. The van der Waals surface area contributed by atoms with E-state index in [1.165, 1.54) is 12.0 Å². The first-order valence-corrected chi connectivity index (χ1v) is 6.77. The zero-order valence-electron chi connectivity index (χ0n) is 11.5. The van der Waals surface area contributed by atoms with Crippen molar-refractivity contribution in [3.05, 3.63) is 35.9 Å². The molecule has 2 rings (SSSR count). The molecular formula is C15H23ClN2O. The molecule has 1 saturated heterocycles. The first-order chi connectivity index (χ1) is 8.75. The molecule has 0 spiro atoms. The molecule has 1 heterocycles. The quantitative estimate of drug-likeness (QED) is 0.898. The summed E-state index contributed by atoms with van der Waals surface area (Å²) in [6, 6.07) is 10.7. The molecular weight excluding hydrogens is 260 g/mol. The highest BCUT2D eigenvalue weighted by molar-refractivity contribution is 5.85. The number of nitrogens with one attached hydrogen (secondary N) is 1. The highest BCUT2D eigenvalue weighted by atomic mass is 35.5. The summed E-state index contributed by atoms with van der Waals surface area (Å²) in [6.45, 7) is 1.86. The molecule has 1 fully saturated rings. The number of likely N-dealkylation sites (N-methyl/N-ethyl adjacent to an activating group) is 1. The smallest absolute Gasteiger partial charge is 0.223 e. The molecule has 1 aliphatic rings. The molecule has 1 atom stereocenters. The second kappa shape index (κ2) is 8.18. The number of hydrogen-bond donors (Lipinski definition) is 1. The van der Waals surface area contributed by atoms with E-state index < -0.39 is 0 Å². The number of halogens is 1. The fourth-order valence-corrected chi connectivity index (χ4v) is 2.36. The number of rotatable bonds is 5. The van der Waals surface area contributed by atoms with Crippen molar-refractivity contribution in [2.75, 3.05) is 20.1 Å². The van der Waals surface area contributed by atoms with Gasteiger partial charge in [-0.1, -0.05) is 30.3 Å². The summed E-state index contributed by atoms with van der Waals surface area (Å²) in [6.07, 6.45) is 3.91. The van der Waals surface area contributed by atoms with E-state index in [9.17, 15) is 4.79 Å². The zero-order chi connectivity index (χ0) is 12.8. The summed E-state index contributed by atoms with van der Waals surface area (Å²) in [5.74, 6) is 0.255. The lowest BCUT2D eigenvalue weighted by molar-refractivity contribution is -0.130. The minimum atomic E-state index is 0. The number of benzene rings is 1. The van der Waals surface area contributed by atoms with Gasteiger partial charge in [0, 0.05) is 26.1 Å². The van der Waals surface area contributed by atoms with Gasteiger partial charge in [-0.2, -0.15) is 0 Å². The predicted octanol–water partition coefficient (Wildman–Crippen LogP) is 2.25. The van der Waals surface area contributed by atoms with Gasteiger partial charge in [-0.3, -0.25) is 4.79 Å². The molecule has 1 aromatic rings. The minimum Gasteiger partial charge on any atom is -0.345 e. The van der Waals surface area contributed by atoms with Crippen molar-refractivity contribution in [1.82, 2.24) is 10.2 Å².